The predicted octanol–water partition coefficient (Wildman–Crippen LogP) is 4.01. The minimum Gasteiger partial charge on any atom is -0.452 e. The average molecular weight is 415 g/mol. The number of hydrogen-bond donors (Lipinski definition) is 1. The van der Waals surface area contributed by atoms with E-state index < -0.39 is 5.97 Å². The van der Waals surface area contributed by atoms with Crippen LogP contribution in [0.3, 0.4) is 0 Å². The van der Waals surface area contributed by atoms with Gasteiger partial charge < -0.3 is 15.0 Å². The Balaban J connectivity index is 1.63. The van der Waals surface area contributed by atoms with E-state index in [2.05, 4.69) is 12.2 Å². The number of benzene rings is 2. The van der Waals surface area contributed by atoms with Crippen molar-refractivity contribution in [2.45, 2.75) is 19.8 Å². The number of halogens is 1. The maximum atomic E-state index is 12.5. The fourth-order valence-electron chi connectivity index (χ4n) is 3.28. The van der Waals surface area contributed by atoms with E-state index in [1.54, 1.807) is 53.4 Å². The van der Waals surface area contributed by atoms with E-state index in [0.717, 1.165) is 12.8 Å². The number of nitrogens with zero attached hydrogens (tertiary/aromatic N) is 1. The van der Waals surface area contributed by atoms with Crippen LogP contribution in [-0.4, -0.2) is 42.4 Å². The summed E-state index contributed by atoms with van der Waals surface area (Å²) in [6.07, 6.45) is 2.06. The lowest BCUT2D eigenvalue weighted by atomic mass is 10.0. The van der Waals surface area contributed by atoms with Crippen molar-refractivity contribution in [2.24, 2.45) is 5.92 Å². The molecule has 152 valence electrons. The summed E-state index contributed by atoms with van der Waals surface area (Å²) in [7, 11) is 0. The van der Waals surface area contributed by atoms with Gasteiger partial charge in [0.15, 0.2) is 6.61 Å². The lowest BCUT2D eigenvalue weighted by Gasteiger charge is -2.30. The van der Waals surface area contributed by atoms with Gasteiger partial charge in [0.1, 0.15) is 0 Å². The van der Waals surface area contributed by atoms with Crippen molar-refractivity contribution in [3.05, 3.63) is 64.7 Å². The summed E-state index contributed by atoms with van der Waals surface area (Å²) in [4.78, 5) is 39.0. The average Bonchev–Trinajstić information content (AvgIpc) is 2.72. The first-order chi connectivity index (χ1) is 13.9. The highest BCUT2D eigenvalue weighted by molar-refractivity contribution is 6.30. The number of piperidine rings is 1. The first-order valence-corrected chi connectivity index (χ1v) is 9.92. The molecule has 7 heteroatoms. The third kappa shape index (κ3) is 5.57. The Bertz CT molecular complexity index is 898. The Morgan fingerprint density at radius 2 is 1.86 bits per heavy atom. The van der Waals surface area contributed by atoms with Crippen LogP contribution in [0.5, 0.6) is 0 Å². The van der Waals surface area contributed by atoms with Crippen LogP contribution in [0.15, 0.2) is 48.5 Å². The van der Waals surface area contributed by atoms with E-state index in [1.807, 2.05) is 0 Å². The molecule has 2 aromatic rings. The van der Waals surface area contributed by atoms with Crippen molar-refractivity contribution < 1.29 is 19.1 Å². The van der Waals surface area contributed by atoms with Gasteiger partial charge in [-0.25, -0.2) is 4.79 Å². The Kier molecular flexibility index (Phi) is 6.88. The van der Waals surface area contributed by atoms with Crippen LogP contribution in [0, 0.1) is 5.92 Å². The van der Waals surface area contributed by atoms with E-state index in [1.165, 1.54) is 0 Å². The zero-order valence-corrected chi connectivity index (χ0v) is 16.9. The number of esters is 1. The Morgan fingerprint density at radius 1 is 1.14 bits per heavy atom. The SMILES string of the molecule is C[C@H]1CCCN(C(=O)COC(=O)c2ccccc2NC(=O)c2ccc(Cl)cc2)C1. The van der Waals surface area contributed by atoms with Crippen LogP contribution in [-0.2, 0) is 9.53 Å². The highest BCUT2D eigenvalue weighted by Gasteiger charge is 2.23. The van der Waals surface area contributed by atoms with Crippen LogP contribution >= 0.6 is 11.6 Å². The summed E-state index contributed by atoms with van der Waals surface area (Å²) in [5, 5.41) is 3.23. The molecule has 6 nitrogen and oxygen atoms in total. The topological polar surface area (TPSA) is 75.7 Å². The number of anilines is 1. The Labute approximate surface area is 174 Å². The third-order valence-corrected chi connectivity index (χ3v) is 5.09. The highest BCUT2D eigenvalue weighted by Crippen LogP contribution is 2.19. The van der Waals surface area contributed by atoms with Crippen LogP contribution in [0.25, 0.3) is 0 Å². The number of carbonyl (C=O) groups excluding carboxylic acids is 3. The van der Waals surface area contributed by atoms with Gasteiger partial charge in [0.25, 0.3) is 11.8 Å². The maximum absolute atomic E-state index is 12.5. The first kappa shape index (κ1) is 20.9. The van der Waals surface area contributed by atoms with Crippen LogP contribution in [0.2, 0.25) is 5.02 Å². The van der Waals surface area contributed by atoms with Crippen molar-refractivity contribution in [2.75, 3.05) is 25.0 Å². The van der Waals surface area contributed by atoms with Gasteiger partial charge in [-0.05, 0) is 55.2 Å². The molecule has 0 aromatic heterocycles. The normalized spacial score (nSPS) is 16.2. The van der Waals surface area contributed by atoms with Gasteiger partial charge in [-0.2, -0.15) is 0 Å². The van der Waals surface area contributed by atoms with Crippen molar-refractivity contribution in [3.63, 3.8) is 0 Å². The summed E-state index contributed by atoms with van der Waals surface area (Å²) in [6, 6.07) is 12.9. The number of rotatable bonds is 5. The van der Waals surface area contributed by atoms with E-state index in [4.69, 9.17) is 16.3 Å². The molecule has 1 heterocycles. The Morgan fingerprint density at radius 3 is 2.59 bits per heavy atom. The van der Waals surface area contributed by atoms with E-state index in [9.17, 15) is 14.4 Å². The molecular formula is C22H23ClN2O4. The maximum Gasteiger partial charge on any atom is 0.340 e. The van der Waals surface area contributed by atoms with Gasteiger partial charge in [0, 0.05) is 23.7 Å². The summed E-state index contributed by atoms with van der Waals surface area (Å²) >= 11 is 5.84. The number of amides is 2. The van der Waals surface area contributed by atoms with Gasteiger partial charge >= 0.3 is 5.97 Å². The predicted molar refractivity (Wildman–Crippen MR) is 111 cm³/mol. The fourth-order valence-corrected chi connectivity index (χ4v) is 3.40. The molecule has 0 bridgehead atoms. The molecule has 2 aromatic carbocycles. The van der Waals surface area contributed by atoms with Gasteiger partial charge in [-0.1, -0.05) is 30.7 Å². The molecule has 1 atom stereocenters. The largest absolute Gasteiger partial charge is 0.452 e. The van der Waals surface area contributed by atoms with Crippen molar-refractivity contribution >= 4 is 35.1 Å². The fraction of sp³-hybridized carbons (Fsp3) is 0.318. The Hall–Kier alpha value is -2.86. The lowest BCUT2D eigenvalue weighted by Crippen LogP contribution is -2.41. The molecule has 1 saturated heterocycles. The molecule has 0 unspecified atom stereocenters. The summed E-state index contributed by atoms with van der Waals surface area (Å²) in [6.45, 7) is 3.16. The monoisotopic (exact) mass is 414 g/mol. The smallest absolute Gasteiger partial charge is 0.340 e. The van der Waals surface area contributed by atoms with Crippen molar-refractivity contribution in [1.82, 2.24) is 4.90 Å². The molecule has 0 aliphatic carbocycles. The third-order valence-electron chi connectivity index (χ3n) is 4.84. The van der Waals surface area contributed by atoms with Gasteiger partial charge in [-0.15, -0.1) is 0 Å². The van der Waals surface area contributed by atoms with E-state index in [0.29, 0.717) is 35.3 Å². The highest BCUT2D eigenvalue weighted by atomic mass is 35.5. The van der Waals surface area contributed by atoms with E-state index in [-0.39, 0.29) is 24.0 Å². The molecular weight excluding hydrogens is 392 g/mol. The minimum absolute atomic E-state index is 0.189. The lowest BCUT2D eigenvalue weighted by molar-refractivity contribution is -0.136. The molecule has 1 aliphatic rings. The number of hydrogen-bond acceptors (Lipinski definition) is 4. The molecule has 29 heavy (non-hydrogen) atoms. The van der Waals surface area contributed by atoms with Crippen LogP contribution in [0.1, 0.15) is 40.5 Å². The van der Waals surface area contributed by atoms with Crippen molar-refractivity contribution in [3.8, 4) is 0 Å². The molecule has 0 saturated carbocycles. The number of carbonyl (C=O) groups is 3. The number of ether oxygens (including phenoxy) is 1. The zero-order chi connectivity index (χ0) is 20.8. The summed E-state index contributed by atoms with van der Waals surface area (Å²) < 4.78 is 5.22. The standard InChI is InChI=1S/C22H23ClN2O4/c1-15-5-4-12-25(13-15)20(26)14-29-22(28)18-6-2-3-7-19(18)24-21(27)16-8-10-17(23)11-9-16/h2-3,6-11,15H,4-5,12-14H2,1H3,(H,24,27)/t15-/m0/s1. The molecule has 1 N–H and O–H groups in total. The summed E-state index contributed by atoms with van der Waals surface area (Å²) in [5.74, 6) is -0.782. The molecule has 2 amide bonds. The first-order valence-electron chi connectivity index (χ1n) is 9.55. The molecule has 0 radical (unpaired) electrons. The molecule has 1 aliphatic heterocycles. The van der Waals surface area contributed by atoms with Gasteiger partial charge in [0.05, 0.1) is 11.3 Å². The van der Waals surface area contributed by atoms with Crippen LogP contribution < -0.4 is 5.32 Å². The second-order valence-corrected chi connectivity index (χ2v) is 7.61. The molecule has 3 rings (SSSR count). The van der Waals surface area contributed by atoms with Gasteiger partial charge in [0.2, 0.25) is 0 Å². The quantitative estimate of drug-likeness (QED) is 0.750. The summed E-state index contributed by atoms with van der Waals surface area (Å²) in [5.41, 5.74) is 0.915. The van der Waals surface area contributed by atoms with Gasteiger partial charge in [-0.3, -0.25) is 9.59 Å². The second kappa shape index (κ2) is 9.56. The molecule has 0 spiro atoms. The molecule has 1 fully saturated rings. The minimum atomic E-state index is -0.657. The number of para-hydroxylation sites is 1. The second-order valence-electron chi connectivity index (χ2n) is 7.17. The number of likely N-dealkylation sites (tertiary alicyclic amines) is 1. The number of nitrogens with one attached hydrogen (secondary N) is 1. The zero-order valence-electron chi connectivity index (χ0n) is 16.2. The van der Waals surface area contributed by atoms with Crippen molar-refractivity contribution in [1.29, 1.82) is 0 Å². The van der Waals surface area contributed by atoms with Crippen LogP contribution in [0.4, 0.5) is 5.69 Å². The van der Waals surface area contributed by atoms with E-state index >= 15 is 0 Å².